The highest BCUT2D eigenvalue weighted by atomic mass is 16.4. The Labute approximate surface area is 97.3 Å². The van der Waals surface area contributed by atoms with Crippen LogP contribution in [0.1, 0.15) is 42.9 Å². The van der Waals surface area contributed by atoms with Crippen LogP contribution in [0.3, 0.4) is 0 Å². The number of hydrogen-bond donors (Lipinski definition) is 1. The summed E-state index contributed by atoms with van der Waals surface area (Å²) < 4.78 is 0. The first-order valence-electron chi connectivity index (χ1n) is 5.78. The van der Waals surface area contributed by atoms with Gasteiger partial charge >= 0.3 is 5.97 Å². The molecule has 2 heteroatoms. The molecule has 2 atom stereocenters. The molecular weight excluding hydrogens is 200 g/mol. The van der Waals surface area contributed by atoms with Crippen molar-refractivity contribution in [3.63, 3.8) is 0 Å². The SMILES string of the molecule is CCC(C(=O)O)C(C)c1cccc(C)c1C. The summed E-state index contributed by atoms with van der Waals surface area (Å²) in [6.45, 7) is 8.06. The second kappa shape index (κ2) is 5.15. The largest absolute Gasteiger partial charge is 0.481 e. The molecule has 88 valence electrons. The Morgan fingerprint density at radius 2 is 2.00 bits per heavy atom. The summed E-state index contributed by atoms with van der Waals surface area (Å²) in [5.74, 6) is -0.918. The van der Waals surface area contributed by atoms with E-state index in [2.05, 4.69) is 19.9 Å². The number of carboxylic acid groups (broad SMARTS) is 1. The van der Waals surface area contributed by atoms with Gasteiger partial charge in [0.25, 0.3) is 0 Å². The molecule has 0 saturated heterocycles. The van der Waals surface area contributed by atoms with Gasteiger partial charge in [0.2, 0.25) is 0 Å². The third kappa shape index (κ3) is 2.43. The first-order valence-corrected chi connectivity index (χ1v) is 5.78. The van der Waals surface area contributed by atoms with E-state index in [9.17, 15) is 4.79 Å². The van der Waals surface area contributed by atoms with E-state index in [1.165, 1.54) is 11.1 Å². The van der Waals surface area contributed by atoms with Crippen LogP contribution in [-0.4, -0.2) is 11.1 Å². The normalized spacial score (nSPS) is 14.5. The van der Waals surface area contributed by atoms with E-state index in [1.54, 1.807) is 0 Å². The van der Waals surface area contributed by atoms with Crippen LogP contribution >= 0.6 is 0 Å². The van der Waals surface area contributed by atoms with E-state index in [0.717, 1.165) is 5.56 Å². The van der Waals surface area contributed by atoms with Crippen LogP contribution in [0.5, 0.6) is 0 Å². The van der Waals surface area contributed by atoms with E-state index in [0.29, 0.717) is 6.42 Å². The zero-order valence-corrected chi connectivity index (χ0v) is 10.4. The number of carbonyl (C=O) groups is 1. The Morgan fingerprint density at radius 3 is 2.50 bits per heavy atom. The summed E-state index contributed by atoms with van der Waals surface area (Å²) in [6, 6.07) is 6.11. The van der Waals surface area contributed by atoms with Gasteiger partial charge in [0, 0.05) is 0 Å². The summed E-state index contributed by atoms with van der Waals surface area (Å²) in [4.78, 5) is 11.1. The summed E-state index contributed by atoms with van der Waals surface area (Å²) in [5.41, 5.74) is 3.61. The van der Waals surface area contributed by atoms with Gasteiger partial charge in [-0.2, -0.15) is 0 Å². The predicted molar refractivity (Wildman–Crippen MR) is 65.7 cm³/mol. The lowest BCUT2D eigenvalue weighted by Gasteiger charge is -2.21. The fourth-order valence-electron chi connectivity index (χ4n) is 2.23. The fourth-order valence-corrected chi connectivity index (χ4v) is 2.23. The van der Waals surface area contributed by atoms with Crippen LogP contribution in [0.2, 0.25) is 0 Å². The number of hydrogen-bond acceptors (Lipinski definition) is 1. The molecule has 1 rings (SSSR count). The third-order valence-electron chi connectivity index (χ3n) is 3.50. The van der Waals surface area contributed by atoms with Crippen molar-refractivity contribution in [2.45, 2.75) is 40.0 Å². The van der Waals surface area contributed by atoms with E-state index < -0.39 is 5.97 Å². The Kier molecular flexibility index (Phi) is 4.11. The van der Waals surface area contributed by atoms with Crippen molar-refractivity contribution >= 4 is 5.97 Å². The molecule has 0 aliphatic heterocycles. The van der Waals surface area contributed by atoms with Gasteiger partial charge < -0.3 is 5.11 Å². The van der Waals surface area contributed by atoms with Crippen molar-refractivity contribution in [1.29, 1.82) is 0 Å². The lowest BCUT2D eigenvalue weighted by atomic mass is 9.83. The molecule has 0 bridgehead atoms. The molecule has 0 heterocycles. The van der Waals surface area contributed by atoms with Crippen molar-refractivity contribution in [2.24, 2.45) is 5.92 Å². The maximum Gasteiger partial charge on any atom is 0.307 e. The van der Waals surface area contributed by atoms with Crippen molar-refractivity contribution in [1.82, 2.24) is 0 Å². The van der Waals surface area contributed by atoms with Crippen LogP contribution < -0.4 is 0 Å². The molecule has 0 saturated carbocycles. The Morgan fingerprint density at radius 1 is 1.38 bits per heavy atom. The van der Waals surface area contributed by atoms with Gasteiger partial charge in [0.1, 0.15) is 0 Å². The molecule has 1 aromatic carbocycles. The summed E-state index contributed by atoms with van der Waals surface area (Å²) in [6.07, 6.45) is 0.671. The summed E-state index contributed by atoms with van der Waals surface area (Å²) in [7, 11) is 0. The molecule has 16 heavy (non-hydrogen) atoms. The minimum Gasteiger partial charge on any atom is -0.481 e. The molecule has 0 radical (unpaired) electrons. The topological polar surface area (TPSA) is 37.3 Å². The summed E-state index contributed by atoms with van der Waals surface area (Å²) >= 11 is 0. The second-order valence-electron chi connectivity index (χ2n) is 4.43. The number of aliphatic carboxylic acids is 1. The molecule has 2 unspecified atom stereocenters. The molecule has 0 aromatic heterocycles. The first-order chi connectivity index (χ1) is 7.49. The van der Waals surface area contributed by atoms with Crippen LogP contribution in [-0.2, 0) is 4.79 Å². The second-order valence-corrected chi connectivity index (χ2v) is 4.43. The lowest BCUT2D eigenvalue weighted by Crippen LogP contribution is -2.20. The van der Waals surface area contributed by atoms with Gasteiger partial charge in [0.15, 0.2) is 0 Å². The molecule has 1 N–H and O–H groups in total. The van der Waals surface area contributed by atoms with Crippen molar-refractivity contribution in [3.8, 4) is 0 Å². The van der Waals surface area contributed by atoms with E-state index in [4.69, 9.17) is 5.11 Å². The number of carboxylic acids is 1. The van der Waals surface area contributed by atoms with Crippen LogP contribution in [0.15, 0.2) is 18.2 Å². The molecule has 0 fully saturated rings. The fraction of sp³-hybridized carbons (Fsp3) is 0.500. The van der Waals surface area contributed by atoms with Crippen molar-refractivity contribution < 1.29 is 9.90 Å². The monoisotopic (exact) mass is 220 g/mol. The molecule has 1 aromatic rings. The average molecular weight is 220 g/mol. The van der Waals surface area contributed by atoms with Gasteiger partial charge in [0.05, 0.1) is 5.92 Å². The maximum atomic E-state index is 11.1. The highest BCUT2D eigenvalue weighted by Crippen LogP contribution is 2.30. The molecule has 0 spiro atoms. The van der Waals surface area contributed by atoms with Crippen LogP contribution in [0.4, 0.5) is 0 Å². The maximum absolute atomic E-state index is 11.1. The Balaban J connectivity index is 3.08. The van der Waals surface area contributed by atoms with Gasteiger partial charge in [-0.25, -0.2) is 0 Å². The predicted octanol–water partition coefficient (Wildman–Crippen LogP) is 3.52. The highest BCUT2D eigenvalue weighted by Gasteiger charge is 2.25. The third-order valence-corrected chi connectivity index (χ3v) is 3.50. The van der Waals surface area contributed by atoms with E-state index in [-0.39, 0.29) is 11.8 Å². The van der Waals surface area contributed by atoms with Gasteiger partial charge in [-0.3, -0.25) is 4.79 Å². The Hall–Kier alpha value is -1.31. The minimum atomic E-state index is -0.698. The van der Waals surface area contributed by atoms with Gasteiger partial charge in [-0.05, 0) is 42.9 Å². The first kappa shape index (κ1) is 12.8. The Bertz CT molecular complexity index is 382. The molecule has 0 amide bonds. The van der Waals surface area contributed by atoms with Crippen molar-refractivity contribution in [2.75, 3.05) is 0 Å². The standard InChI is InChI=1S/C14H20O2/c1-5-12(14(15)16)11(4)13-8-6-7-9(2)10(13)3/h6-8,11-12H,5H2,1-4H3,(H,15,16). The van der Waals surface area contributed by atoms with Gasteiger partial charge in [-0.1, -0.05) is 32.0 Å². The average Bonchev–Trinajstić information content (AvgIpc) is 2.22. The van der Waals surface area contributed by atoms with Crippen LogP contribution in [0, 0.1) is 19.8 Å². The van der Waals surface area contributed by atoms with E-state index in [1.807, 2.05) is 26.0 Å². The van der Waals surface area contributed by atoms with Gasteiger partial charge in [-0.15, -0.1) is 0 Å². The van der Waals surface area contributed by atoms with E-state index >= 15 is 0 Å². The lowest BCUT2D eigenvalue weighted by molar-refractivity contribution is -0.142. The zero-order valence-electron chi connectivity index (χ0n) is 10.4. The number of benzene rings is 1. The number of rotatable bonds is 4. The summed E-state index contributed by atoms with van der Waals surface area (Å²) in [5, 5.41) is 9.17. The highest BCUT2D eigenvalue weighted by molar-refractivity contribution is 5.71. The zero-order chi connectivity index (χ0) is 12.3. The van der Waals surface area contributed by atoms with Crippen LogP contribution in [0.25, 0.3) is 0 Å². The molecular formula is C14H20O2. The minimum absolute atomic E-state index is 0.0717. The molecule has 0 aliphatic rings. The quantitative estimate of drug-likeness (QED) is 0.843. The van der Waals surface area contributed by atoms with Crippen molar-refractivity contribution in [3.05, 3.63) is 34.9 Å². The number of aryl methyl sites for hydroxylation is 1. The molecule has 2 nitrogen and oxygen atoms in total. The molecule has 0 aliphatic carbocycles. The smallest absolute Gasteiger partial charge is 0.307 e.